The van der Waals surface area contributed by atoms with Crippen molar-refractivity contribution in [2.75, 3.05) is 31.2 Å². The Morgan fingerprint density at radius 3 is 2.26 bits per heavy atom. The van der Waals surface area contributed by atoms with Crippen LogP contribution in [0, 0.1) is 0 Å². The first-order valence-electron chi connectivity index (χ1n) is 7.74. The molecule has 5 nitrogen and oxygen atoms in total. The van der Waals surface area contributed by atoms with Crippen molar-refractivity contribution in [1.29, 1.82) is 0 Å². The van der Waals surface area contributed by atoms with Crippen molar-refractivity contribution in [3.8, 4) is 0 Å². The largest absolute Gasteiger partial charge is 0.378 e. The SMILES string of the molecule is CCc1ccc(S(=O)(=O)c2ccc(N3CCOCC3)cc2)cn1. The molecule has 6 heteroatoms. The van der Waals surface area contributed by atoms with E-state index in [4.69, 9.17) is 4.74 Å². The molecule has 0 aliphatic carbocycles. The van der Waals surface area contributed by atoms with Gasteiger partial charge in [0, 0.05) is 30.7 Å². The van der Waals surface area contributed by atoms with Crippen LogP contribution in [0.15, 0.2) is 52.4 Å². The molecule has 3 rings (SSSR count). The number of ether oxygens (including phenoxy) is 1. The molecule has 23 heavy (non-hydrogen) atoms. The number of aryl methyl sites for hydroxylation is 1. The van der Waals surface area contributed by atoms with E-state index in [9.17, 15) is 8.42 Å². The maximum atomic E-state index is 12.6. The molecule has 1 aromatic heterocycles. The van der Waals surface area contributed by atoms with Crippen molar-refractivity contribution in [2.45, 2.75) is 23.1 Å². The van der Waals surface area contributed by atoms with Gasteiger partial charge in [0.05, 0.1) is 23.0 Å². The predicted octanol–water partition coefficient (Wildman–Crippen LogP) is 2.31. The number of rotatable bonds is 4. The molecule has 0 spiro atoms. The molecule has 0 amide bonds. The van der Waals surface area contributed by atoms with Crippen molar-refractivity contribution >= 4 is 15.5 Å². The second kappa shape index (κ2) is 6.68. The van der Waals surface area contributed by atoms with E-state index in [-0.39, 0.29) is 4.90 Å². The number of anilines is 1. The summed E-state index contributed by atoms with van der Waals surface area (Å²) in [5.74, 6) is 0. The second-order valence-electron chi connectivity index (χ2n) is 5.44. The average molecular weight is 332 g/mol. The minimum Gasteiger partial charge on any atom is -0.378 e. The number of aromatic nitrogens is 1. The molecule has 0 unspecified atom stereocenters. The van der Waals surface area contributed by atoms with Crippen LogP contribution >= 0.6 is 0 Å². The maximum Gasteiger partial charge on any atom is 0.208 e. The lowest BCUT2D eigenvalue weighted by molar-refractivity contribution is 0.122. The number of hydrogen-bond acceptors (Lipinski definition) is 5. The fraction of sp³-hybridized carbons (Fsp3) is 0.353. The van der Waals surface area contributed by atoms with Crippen LogP contribution in [0.2, 0.25) is 0 Å². The summed E-state index contributed by atoms with van der Waals surface area (Å²) in [7, 11) is -3.52. The summed E-state index contributed by atoms with van der Waals surface area (Å²) in [6.07, 6.45) is 2.22. The van der Waals surface area contributed by atoms with Gasteiger partial charge < -0.3 is 9.64 Å². The normalized spacial score (nSPS) is 15.6. The van der Waals surface area contributed by atoms with Crippen LogP contribution in [-0.2, 0) is 21.0 Å². The highest BCUT2D eigenvalue weighted by Gasteiger charge is 2.19. The molecule has 2 heterocycles. The topological polar surface area (TPSA) is 59.5 Å². The molecule has 1 aromatic carbocycles. The smallest absolute Gasteiger partial charge is 0.208 e. The summed E-state index contributed by atoms with van der Waals surface area (Å²) in [4.78, 5) is 6.89. The van der Waals surface area contributed by atoms with Gasteiger partial charge in [0.25, 0.3) is 0 Å². The van der Waals surface area contributed by atoms with Crippen LogP contribution in [-0.4, -0.2) is 39.7 Å². The lowest BCUT2D eigenvalue weighted by Gasteiger charge is -2.28. The van der Waals surface area contributed by atoms with Crippen LogP contribution < -0.4 is 4.90 Å². The number of nitrogens with zero attached hydrogens (tertiary/aromatic N) is 2. The Labute approximate surface area is 136 Å². The van der Waals surface area contributed by atoms with Gasteiger partial charge in [0.1, 0.15) is 0 Å². The zero-order valence-corrected chi connectivity index (χ0v) is 13.9. The highest BCUT2D eigenvalue weighted by molar-refractivity contribution is 7.91. The Morgan fingerprint density at radius 1 is 1.04 bits per heavy atom. The maximum absolute atomic E-state index is 12.6. The zero-order chi connectivity index (χ0) is 16.3. The van der Waals surface area contributed by atoms with E-state index in [2.05, 4.69) is 9.88 Å². The Hall–Kier alpha value is -1.92. The summed E-state index contributed by atoms with van der Waals surface area (Å²) >= 11 is 0. The van der Waals surface area contributed by atoms with Gasteiger partial charge in [0.15, 0.2) is 0 Å². The standard InChI is InChI=1S/C17H20N2O3S/c1-2-14-3-6-17(13-18-14)23(20,21)16-7-4-15(5-8-16)19-9-11-22-12-10-19/h3-8,13H,2,9-12H2,1H3. The van der Waals surface area contributed by atoms with E-state index in [0.29, 0.717) is 18.1 Å². The fourth-order valence-electron chi connectivity index (χ4n) is 2.57. The van der Waals surface area contributed by atoms with Gasteiger partial charge >= 0.3 is 0 Å². The van der Waals surface area contributed by atoms with E-state index in [1.165, 1.54) is 6.20 Å². The third kappa shape index (κ3) is 3.38. The van der Waals surface area contributed by atoms with Gasteiger partial charge in [-0.2, -0.15) is 0 Å². The van der Waals surface area contributed by atoms with Gasteiger partial charge in [0.2, 0.25) is 9.84 Å². The molecule has 0 atom stereocenters. The minimum absolute atomic E-state index is 0.230. The first-order chi connectivity index (χ1) is 11.1. The molecule has 2 aromatic rings. The minimum atomic E-state index is -3.52. The molecule has 0 radical (unpaired) electrons. The van der Waals surface area contributed by atoms with Crippen LogP contribution in [0.25, 0.3) is 0 Å². The number of pyridine rings is 1. The number of hydrogen-bond donors (Lipinski definition) is 0. The quantitative estimate of drug-likeness (QED) is 0.860. The second-order valence-corrected chi connectivity index (χ2v) is 7.39. The average Bonchev–Trinajstić information content (AvgIpc) is 2.62. The van der Waals surface area contributed by atoms with Crippen LogP contribution in [0.4, 0.5) is 5.69 Å². The summed E-state index contributed by atoms with van der Waals surface area (Å²) in [5, 5.41) is 0. The van der Waals surface area contributed by atoms with Crippen molar-refractivity contribution in [1.82, 2.24) is 4.98 Å². The highest BCUT2D eigenvalue weighted by atomic mass is 32.2. The van der Waals surface area contributed by atoms with E-state index >= 15 is 0 Å². The molecule has 1 saturated heterocycles. The summed E-state index contributed by atoms with van der Waals surface area (Å²) in [6.45, 7) is 5.05. The number of sulfone groups is 1. The van der Waals surface area contributed by atoms with Crippen LogP contribution in [0.3, 0.4) is 0 Å². The molecule has 0 saturated carbocycles. The van der Waals surface area contributed by atoms with Crippen molar-refractivity contribution in [3.05, 3.63) is 48.3 Å². The van der Waals surface area contributed by atoms with E-state index in [1.807, 2.05) is 19.1 Å². The first kappa shape index (κ1) is 16.0. The van der Waals surface area contributed by atoms with E-state index in [1.54, 1.807) is 24.3 Å². The Balaban J connectivity index is 1.84. The summed E-state index contributed by atoms with van der Waals surface area (Å²) in [6, 6.07) is 10.4. The molecule has 122 valence electrons. The summed E-state index contributed by atoms with van der Waals surface area (Å²) in [5.41, 5.74) is 1.90. The van der Waals surface area contributed by atoms with Crippen molar-refractivity contribution in [2.24, 2.45) is 0 Å². The molecule has 1 aliphatic heterocycles. The third-order valence-corrected chi connectivity index (χ3v) is 5.75. The van der Waals surface area contributed by atoms with Gasteiger partial charge in [-0.05, 0) is 42.8 Å². The molecular weight excluding hydrogens is 312 g/mol. The van der Waals surface area contributed by atoms with Crippen LogP contribution in [0.5, 0.6) is 0 Å². The zero-order valence-electron chi connectivity index (χ0n) is 13.1. The molecule has 0 N–H and O–H groups in total. The lowest BCUT2D eigenvalue weighted by Crippen LogP contribution is -2.36. The van der Waals surface area contributed by atoms with E-state index < -0.39 is 9.84 Å². The first-order valence-corrected chi connectivity index (χ1v) is 9.22. The van der Waals surface area contributed by atoms with Gasteiger partial charge in [-0.3, -0.25) is 4.98 Å². The monoisotopic (exact) mass is 332 g/mol. The molecule has 1 fully saturated rings. The van der Waals surface area contributed by atoms with Gasteiger partial charge in [-0.25, -0.2) is 8.42 Å². The molecule has 1 aliphatic rings. The van der Waals surface area contributed by atoms with Gasteiger partial charge in [-0.1, -0.05) is 6.92 Å². The van der Waals surface area contributed by atoms with Crippen LogP contribution in [0.1, 0.15) is 12.6 Å². The fourth-order valence-corrected chi connectivity index (χ4v) is 3.78. The van der Waals surface area contributed by atoms with Crippen molar-refractivity contribution in [3.63, 3.8) is 0 Å². The summed E-state index contributed by atoms with van der Waals surface area (Å²) < 4.78 is 30.6. The van der Waals surface area contributed by atoms with E-state index in [0.717, 1.165) is 30.9 Å². The Bertz CT molecular complexity index is 749. The lowest BCUT2D eigenvalue weighted by atomic mass is 10.2. The highest BCUT2D eigenvalue weighted by Crippen LogP contribution is 2.24. The molecular formula is C17H20N2O3S. The Morgan fingerprint density at radius 2 is 1.70 bits per heavy atom. The molecule has 0 bridgehead atoms. The Kier molecular flexibility index (Phi) is 4.63. The predicted molar refractivity (Wildman–Crippen MR) is 88.5 cm³/mol. The van der Waals surface area contributed by atoms with Crippen molar-refractivity contribution < 1.29 is 13.2 Å². The number of benzene rings is 1. The number of morpholine rings is 1. The third-order valence-electron chi connectivity index (χ3n) is 3.99. The van der Waals surface area contributed by atoms with Gasteiger partial charge in [-0.15, -0.1) is 0 Å².